The van der Waals surface area contributed by atoms with Crippen LogP contribution in [0.2, 0.25) is 0 Å². The molecule has 0 fully saturated rings. The number of ether oxygens (including phenoxy) is 2. The number of carbonyl (C=O) groups excluding carboxylic acids is 1. The Morgan fingerprint density at radius 3 is 2.71 bits per heavy atom. The van der Waals surface area contributed by atoms with E-state index in [0.29, 0.717) is 5.75 Å². The Hall–Kier alpha value is -1.80. The largest absolute Gasteiger partial charge is 0.479 e. The number of halogens is 3. The summed E-state index contributed by atoms with van der Waals surface area (Å²) in [6.07, 6.45) is -5.29. The minimum atomic E-state index is -4.56. The number of amides is 1. The predicted octanol–water partition coefficient (Wildman–Crippen LogP) is 1.97. The monoisotopic (exact) mass is 304 g/mol. The van der Waals surface area contributed by atoms with Gasteiger partial charge in [0.2, 0.25) is 0 Å². The normalized spacial score (nSPS) is 20.0. The van der Waals surface area contributed by atoms with E-state index < -0.39 is 18.3 Å². The lowest BCUT2D eigenvalue weighted by Gasteiger charge is -2.33. The topological polar surface area (TPSA) is 64.8 Å². The first-order valence-corrected chi connectivity index (χ1v) is 6.19. The number of hydrogen-bond donors (Lipinski definition) is 1. The van der Waals surface area contributed by atoms with Crippen molar-refractivity contribution in [1.82, 2.24) is 0 Å². The van der Waals surface area contributed by atoms with Gasteiger partial charge in [-0.15, -0.1) is 0 Å². The van der Waals surface area contributed by atoms with E-state index in [4.69, 9.17) is 15.2 Å². The van der Waals surface area contributed by atoms with Crippen LogP contribution in [0.5, 0.6) is 5.75 Å². The highest BCUT2D eigenvalue weighted by Gasteiger charge is 2.39. The van der Waals surface area contributed by atoms with Gasteiger partial charge in [-0.2, -0.15) is 13.2 Å². The Bertz CT molecular complexity index is 548. The number of benzene rings is 1. The molecule has 8 heteroatoms. The highest BCUT2D eigenvalue weighted by molar-refractivity contribution is 5.99. The van der Waals surface area contributed by atoms with Crippen LogP contribution < -0.4 is 15.4 Å². The van der Waals surface area contributed by atoms with Gasteiger partial charge >= 0.3 is 6.18 Å². The molecule has 1 aliphatic rings. The summed E-state index contributed by atoms with van der Waals surface area (Å²) in [7, 11) is 1.39. The Labute approximate surface area is 119 Å². The van der Waals surface area contributed by atoms with Gasteiger partial charge in [-0.1, -0.05) is 6.07 Å². The molecule has 2 unspecified atom stereocenters. The summed E-state index contributed by atoms with van der Waals surface area (Å²) in [5.41, 5.74) is 5.26. The van der Waals surface area contributed by atoms with Gasteiger partial charge in [0, 0.05) is 7.11 Å². The quantitative estimate of drug-likeness (QED) is 0.927. The average Bonchev–Trinajstić information content (AvgIpc) is 2.41. The number of anilines is 1. The second-order valence-electron chi connectivity index (χ2n) is 4.69. The van der Waals surface area contributed by atoms with Crippen LogP contribution >= 0.6 is 0 Å². The molecule has 0 radical (unpaired) electrons. The van der Waals surface area contributed by atoms with E-state index in [1.54, 1.807) is 6.92 Å². The maximum absolute atomic E-state index is 12.7. The molecule has 116 valence electrons. The first-order valence-electron chi connectivity index (χ1n) is 6.19. The van der Waals surface area contributed by atoms with E-state index >= 15 is 0 Å². The van der Waals surface area contributed by atoms with Gasteiger partial charge in [-0.05, 0) is 24.6 Å². The number of nitrogens with zero attached hydrogens (tertiary/aromatic N) is 1. The number of rotatable bonds is 3. The van der Waals surface area contributed by atoms with Crippen molar-refractivity contribution in [1.29, 1.82) is 0 Å². The maximum Gasteiger partial charge on any atom is 0.407 e. The molecule has 5 nitrogen and oxygen atoms in total. The first kappa shape index (κ1) is 15.6. The van der Waals surface area contributed by atoms with E-state index in [-0.39, 0.29) is 23.9 Å². The molecule has 0 bridgehead atoms. The molecule has 2 N–H and O–H groups in total. The predicted molar refractivity (Wildman–Crippen MR) is 68.9 cm³/mol. The van der Waals surface area contributed by atoms with Gasteiger partial charge in [0.05, 0.1) is 5.69 Å². The van der Waals surface area contributed by atoms with Crippen molar-refractivity contribution in [2.24, 2.45) is 5.73 Å². The Morgan fingerprint density at radius 1 is 1.48 bits per heavy atom. The second kappa shape index (κ2) is 5.53. The van der Waals surface area contributed by atoms with Crippen molar-refractivity contribution in [3.63, 3.8) is 0 Å². The van der Waals surface area contributed by atoms with Crippen molar-refractivity contribution < 1.29 is 27.4 Å². The molecule has 21 heavy (non-hydrogen) atoms. The molecule has 1 aromatic rings. The molecule has 1 heterocycles. The molecule has 1 aromatic carbocycles. The molecule has 0 saturated heterocycles. The van der Waals surface area contributed by atoms with Crippen LogP contribution in [-0.2, 0) is 9.53 Å². The third-order valence-corrected chi connectivity index (χ3v) is 3.16. The van der Waals surface area contributed by atoms with Crippen LogP contribution in [0.1, 0.15) is 18.5 Å². The Morgan fingerprint density at radius 2 is 2.14 bits per heavy atom. The molecule has 0 saturated carbocycles. The number of nitrogens with two attached hydrogens (primary N) is 1. The van der Waals surface area contributed by atoms with Crippen molar-refractivity contribution in [3.05, 3.63) is 23.8 Å². The van der Waals surface area contributed by atoms with Crippen LogP contribution in [-0.4, -0.2) is 32.0 Å². The van der Waals surface area contributed by atoms with Crippen LogP contribution in [0.15, 0.2) is 18.2 Å². The van der Waals surface area contributed by atoms with E-state index in [1.807, 2.05) is 0 Å². The van der Waals surface area contributed by atoms with Crippen molar-refractivity contribution >= 4 is 11.6 Å². The smallest absolute Gasteiger partial charge is 0.407 e. The summed E-state index contributed by atoms with van der Waals surface area (Å²) in [6.45, 7) is 1.48. The van der Waals surface area contributed by atoms with Crippen LogP contribution in [0.3, 0.4) is 0 Å². The van der Waals surface area contributed by atoms with Crippen LogP contribution in [0.25, 0.3) is 0 Å². The highest BCUT2D eigenvalue weighted by atomic mass is 19.4. The molecule has 0 aromatic heterocycles. The van der Waals surface area contributed by atoms with E-state index in [0.717, 1.165) is 0 Å². The van der Waals surface area contributed by atoms with E-state index in [9.17, 15) is 18.0 Å². The maximum atomic E-state index is 12.7. The Kier molecular flexibility index (Phi) is 4.11. The average molecular weight is 304 g/mol. The lowest BCUT2D eigenvalue weighted by atomic mass is 10.0. The van der Waals surface area contributed by atoms with Crippen molar-refractivity contribution in [2.45, 2.75) is 25.2 Å². The second-order valence-corrected chi connectivity index (χ2v) is 4.69. The van der Waals surface area contributed by atoms with Crippen LogP contribution in [0, 0.1) is 0 Å². The van der Waals surface area contributed by atoms with Crippen molar-refractivity contribution in [2.75, 3.05) is 18.7 Å². The fourth-order valence-electron chi connectivity index (χ4n) is 2.07. The fraction of sp³-hybridized carbons (Fsp3) is 0.462. The summed E-state index contributed by atoms with van der Waals surface area (Å²) in [4.78, 5) is 13.3. The van der Waals surface area contributed by atoms with Gasteiger partial charge in [0.15, 0.2) is 6.10 Å². The summed E-state index contributed by atoms with van der Waals surface area (Å²) in [5.74, 6) is -0.0700. The molecule has 1 amide bonds. The summed E-state index contributed by atoms with van der Waals surface area (Å²) in [5, 5.41) is 0. The standard InChI is InChI=1S/C13H15F3N2O3/c1-7-12(19)18(6-20-2)9-5-8(3-4-10(9)21-7)11(17)13(14,15)16/h3-5,7,11H,6,17H2,1-2H3. The highest BCUT2D eigenvalue weighted by Crippen LogP contribution is 2.38. The number of hydrogen-bond acceptors (Lipinski definition) is 4. The molecule has 2 rings (SSSR count). The number of fused-ring (bicyclic) bond motifs is 1. The number of carbonyl (C=O) groups is 1. The first-order chi connectivity index (χ1) is 9.75. The molecule has 0 aliphatic carbocycles. The van der Waals surface area contributed by atoms with Gasteiger partial charge in [-0.3, -0.25) is 9.69 Å². The summed E-state index contributed by atoms with van der Waals surface area (Å²) < 4.78 is 48.4. The lowest BCUT2D eigenvalue weighted by Crippen LogP contribution is -2.45. The zero-order chi connectivity index (χ0) is 15.8. The van der Waals surface area contributed by atoms with Gasteiger partial charge in [0.1, 0.15) is 18.5 Å². The SMILES string of the molecule is COCN1C(=O)C(C)Oc2ccc(C(N)C(F)(F)F)cc21. The summed E-state index contributed by atoms with van der Waals surface area (Å²) in [6, 6.07) is 1.70. The zero-order valence-electron chi connectivity index (χ0n) is 11.5. The lowest BCUT2D eigenvalue weighted by molar-refractivity contribution is -0.149. The number of alkyl halides is 3. The number of methoxy groups -OCH3 is 1. The van der Waals surface area contributed by atoms with Gasteiger partial charge < -0.3 is 15.2 Å². The van der Waals surface area contributed by atoms with Crippen molar-refractivity contribution in [3.8, 4) is 5.75 Å². The minimum Gasteiger partial charge on any atom is -0.479 e. The fourth-order valence-corrected chi connectivity index (χ4v) is 2.07. The van der Waals surface area contributed by atoms with E-state index in [2.05, 4.69) is 0 Å². The zero-order valence-corrected chi connectivity index (χ0v) is 11.5. The molecular weight excluding hydrogens is 289 g/mol. The van der Waals surface area contributed by atoms with Gasteiger partial charge in [-0.25, -0.2) is 0 Å². The third-order valence-electron chi connectivity index (χ3n) is 3.16. The summed E-state index contributed by atoms with van der Waals surface area (Å²) >= 11 is 0. The molecule has 0 spiro atoms. The Balaban J connectivity index is 2.44. The molecular formula is C13H15F3N2O3. The minimum absolute atomic E-state index is 0.0791. The van der Waals surface area contributed by atoms with Crippen LogP contribution in [0.4, 0.5) is 18.9 Å². The third kappa shape index (κ3) is 2.96. The molecule has 2 atom stereocenters. The van der Waals surface area contributed by atoms with E-state index in [1.165, 1.54) is 30.2 Å². The molecule has 1 aliphatic heterocycles. The van der Waals surface area contributed by atoms with Gasteiger partial charge in [0.25, 0.3) is 5.91 Å².